The van der Waals surface area contributed by atoms with E-state index in [4.69, 9.17) is 14.5 Å². The Morgan fingerprint density at radius 3 is 2.80 bits per heavy atom. The van der Waals surface area contributed by atoms with Gasteiger partial charge in [-0.3, -0.25) is 0 Å². The van der Waals surface area contributed by atoms with E-state index in [1.54, 1.807) is 0 Å². The van der Waals surface area contributed by atoms with Crippen LogP contribution in [0.25, 0.3) is 0 Å². The second kappa shape index (κ2) is 13.8. The van der Waals surface area contributed by atoms with E-state index in [-0.39, 0.29) is 24.0 Å². The first kappa shape index (κ1) is 25.7. The molecule has 0 aliphatic carbocycles. The Labute approximate surface area is 203 Å². The smallest absolute Gasteiger partial charge is 0.194 e. The Morgan fingerprint density at radius 2 is 2.07 bits per heavy atom. The number of hydrogen-bond donors (Lipinski definition) is 1. The molecule has 2 aliphatic rings. The number of benzene rings is 1. The monoisotopic (exact) mass is 547 g/mol. The fourth-order valence-corrected chi connectivity index (χ4v) is 5.04. The van der Waals surface area contributed by atoms with Crippen molar-refractivity contribution in [3.8, 4) is 0 Å². The Kier molecular flexibility index (Phi) is 11.8. The highest BCUT2D eigenvalue weighted by atomic mass is 127. The molecule has 2 heterocycles. The molecule has 1 aromatic carbocycles. The van der Waals surface area contributed by atoms with Crippen molar-refractivity contribution in [2.24, 2.45) is 10.9 Å². The molecule has 3 rings (SSSR count). The van der Waals surface area contributed by atoms with Gasteiger partial charge < -0.3 is 19.7 Å². The summed E-state index contributed by atoms with van der Waals surface area (Å²) in [5, 5.41) is 4.17. The summed E-state index contributed by atoms with van der Waals surface area (Å²) < 4.78 is 11.5. The van der Waals surface area contributed by atoms with Gasteiger partial charge in [0.25, 0.3) is 0 Å². The van der Waals surface area contributed by atoms with Crippen LogP contribution in [0.4, 0.5) is 0 Å². The van der Waals surface area contributed by atoms with Crippen molar-refractivity contribution < 1.29 is 9.47 Å². The number of ether oxygens (including phenoxy) is 2. The molecule has 2 aliphatic heterocycles. The zero-order chi connectivity index (χ0) is 20.5. The minimum absolute atomic E-state index is 0. The molecule has 0 bridgehead atoms. The van der Waals surface area contributed by atoms with Gasteiger partial charge in [0.1, 0.15) is 0 Å². The lowest BCUT2D eigenvalue weighted by molar-refractivity contribution is -0.0390. The number of halogens is 1. The quantitative estimate of drug-likeness (QED) is 0.309. The van der Waals surface area contributed by atoms with E-state index in [1.807, 2.05) is 0 Å². The molecule has 7 heteroatoms. The molecule has 0 aromatic heterocycles. The summed E-state index contributed by atoms with van der Waals surface area (Å²) in [6.07, 6.45) is 2.33. The zero-order valence-electron chi connectivity index (χ0n) is 18.6. The van der Waals surface area contributed by atoms with E-state index in [0.29, 0.717) is 30.4 Å². The molecule has 1 aromatic rings. The standard InChI is InChI=1S/C23H37N3O2S.HI/c1-4-24-23(26-10-13-29-22(16-26)18(2)3)25-15-19-6-5-7-20(14-19)17-28-21-8-11-27-12-9-21;/h5-7,14,18,21-22H,4,8-13,15-17H2,1-3H3,(H,24,25);1H. The molecule has 0 radical (unpaired) electrons. The highest BCUT2D eigenvalue weighted by Crippen LogP contribution is 2.25. The topological polar surface area (TPSA) is 46.1 Å². The third-order valence-corrected chi connectivity index (χ3v) is 7.07. The number of nitrogens with one attached hydrogen (secondary N) is 1. The van der Waals surface area contributed by atoms with Crippen molar-refractivity contribution in [3.05, 3.63) is 35.4 Å². The van der Waals surface area contributed by atoms with Crippen molar-refractivity contribution in [2.45, 2.75) is 58.1 Å². The zero-order valence-corrected chi connectivity index (χ0v) is 21.8. The summed E-state index contributed by atoms with van der Waals surface area (Å²) >= 11 is 2.10. The van der Waals surface area contributed by atoms with Gasteiger partial charge in [0.2, 0.25) is 0 Å². The van der Waals surface area contributed by atoms with Crippen LogP contribution in [0.1, 0.15) is 44.7 Å². The second-order valence-electron chi connectivity index (χ2n) is 8.21. The Morgan fingerprint density at radius 1 is 1.30 bits per heavy atom. The average molecular weight is 548 g/mol. The Hall–Kier alpha value is -0.510. The molecule has 0 amide bonds. The van der Waals surface area contributed by atoms with Crippen LogP contribution in [-0.4, -0.2) is 60.8 Å². The molecule has 0 saturated carbocycles. The summed E-state index contributed by atoms with van der Waals surface area (Å²) in [5.41, 5.74) is 2.46. The van der Waals surface area contributed by atoms with E-state index >= 15 is 0 Å². The second-order valence-corrected chi connectivity index (χ2v) is 9.56. The molecule has 2 fully saturated rings. The third kappa shape index (κ3) is 8.20. The normalized spacial score (nSPS) is 20.9. The first-order valence-electron chi connectivity index (χ1n) is 11.1. The van der Waals surface area contributed by atoms with Gasteiger partial charge in [-0.15, -0.1) is 24.0 Å². The van der Waals surface area contributed by atoms with Crippen LogP contribution < -0.4 is 5.32 Å². The Balaban J connectivity index is 0.00000320. The largest absolute Gasteiger partial charge is 0.381 e. The van der Waals surface area contributed by atoms with Crippen LogP contribution in [0.3, 0.4) is 0 Å². The molecule has 5 nitrogen and oxygen atoms in total. The molecular formula is C23H38IN3O2S. The van der Waals surface area contributed by atoms with Gasteiger partial charge in [-0.1, -0.05) is 38.1 Å². The Bertz CT molecular complexity index is 653. The van der Waals surface area contributed by atoms with Crippen LogP contribution in [0.2, 0.25) is 0 Å². The van der Waals surface area contributed by atoms with Gasteiger partial charge in [-0.25, -0.2) is 4.99 Å². The predicted octanol–water partition coefficient (Wildman–Crippen LogP) is 4.54. The summed E-state index contributed by atoms with van der Waals surface area (Å²) in [6, 6.07) is 8.66. The minimum Gasteiger partial charge on any atom is -0.381 e. The lowest BCUT2D eigenvalue weighted by Gasteiger charge is -2.36. The van der Waals surface area contributed by atoms with E-state index < -0.39 is 0 Å². The van der Waals surface area contributed by atoms with Crippen molar-refractivity contribution in [2.75, 3.05) is 38.6 Å². The number of thioether (sulfide) groups is 1. The van der Waals surface area contributed by atoms with Crippen molar-refractivity contribution in [1.29, 1.82) is 0 Å². The molecule has 30 heavy (non-hydrogen) atoms. The van der Waals surface area contributed by atoms with Gasteiger partial charge in [0, 0.05) is 43.9 Å². The van der Waals surface area contributed by atoms with Crippen molar-refractivity contribution in [3.63, 3.8) is 0 Å². The van der Waals surface area contributed by atoms with Gasteiger partial charge in [0.15, 0.2) is 5.96 Å². The van der Waals surface area contributed by atoms with Crippen LogP contribution in [0, 0.1) is 5.92 Å². The van der Waals surface area contributed by atoms with E-state index in [1.165, 1.54) is 16.9 Å². The van der Waals surface area contributed by atoms with E-state index in [0.717, 1.165) is 51.6 Å². The number of guanidine groups is 1. The van der Waals surface area contributed by atoms with Crippen molar-refractivity contribution in [1.82, 2.24) is 10.2 Å². The molecule has 0 spiro atoms. The molecule has 170 valence electrons. The summed E-state index contributed by atoms with van der Waals surface area (Å²) in [6.45, 7) is 12.8. The molecule has 1 N–H and O–H groups in total. The van der Waals surface area contributed by atoms with Gasteiger partial charge in [0.05, 0.1) is 19.3 Å². The fourth-order valence-electron chi connectivity index (χ4n) is 3.74. The number of hydrogen-bond acceptors (Lipinski definition) is 4. The summed E-state index contributed by atoms with van der Waals surface area (Å²) in [7, 11) is 0. The summed E-state index contributed by atoms with van der Waals surface area (Å²) in [4.78, 5) is 7.39. The maximum Gasteiger partial charge on any atom is 0.194 e. The minimum atomic E-state index is 0. The lowest BCUT2D eigenvalue weighted by atomic mass is 10.1. The first-order chi connectivity index (χ1) is 14.2. The number of aliphatic imine (C=N–C) groups is 1. The molecule has 1 unspecified atom stereocenters. The van der Waals surface area contributed by atoms with Crippen LogP contribution >= 0.6 is 35.7 Å². The van der Waals surface area contributed by atoms with Crippen LogP contribution in [-0.2, 0) is 22.6 Å². The summed E-state index contributed by atoms with van der Waals surface area (Å²) in [5.74, 6) is 2.91. The van der Waals surface area contributed by atoms with Gasteiger partial charge in [-0.2, -0.15) is 11.8 Å². The number of rotatable bonds is 7. The first-order valence-corrected chi connectivity index (χ1v) is 12.1. The molecule has 1 atom stereocenters. The third-order valence-electron chi connectivity index (χ3n) is 5.53. The van der Waals surface area contributed by atoms with E-state index in [2.05, 4.69) is 67.0 Å². The molecular weight excluding hydrogens is 509 g/mol. The highest BCUT2D eigenvalue weighted by Gasteiger charge is 2.24. The maximum atomic E-state index is 6.08. The number of nitrogens with zero attached hydrogens (tertiary/aromatic N) is 2. The average Bonchev–Trinajstić information content (AvgIpc) is 2.76. The van der Waals surface area contributed by atoms with Crippen molar-refractivity contribution >= 4 is 41.7 Å². The van der Waals surface area contributed by atoms with Crippen LogP contribution in [0.15, 0.2) is 29.3 Å². The SMILES string of the molecule is CCNC(=NCc1cccc(COC2CCOCC2)c1)N1CCSC(C(C)C)C1.I. The predicted molar refractivity (Wildman–Crippen MR) is 138 cm³/mol. The fraction of sp³-hybridized carbons (Fsp3) is 0.696. The maximum absolute atomic E-state index is 6.08. The lowest BCUT2D eigenvalue weighted by Crippen LogP contribution is -2.49. The highest BCUT2D eigenvalue weighted by molar-refractivity contribution is 14.0. The van der Waals surface area contributed by atoms with Gasteiger partial charge in [-0.05, 0) is 36.8 Å². The van der Waals surface area contributed by atoms with E-state index in [9.17, 15) is 0 Å². The van der Waals surface area contributed by atoms with Gasteiger partial charge >= 0.3 is 0 Å². The van der Waals surface area contributed by atoms with Crippen LogP contribution in [0.5, 0.6) is 0 Å². The molecule has 2 saturated heterocycles.